The first-order chi connectivity index (χ1) is 13.6. The molecule has 2 aromatic rings. The number of carbonyl (C=O) groups is 2. The summed E-state index contributed by atoms with van der Waals surface area (Å²) in [5.41, 5.74) is -0.705. The van der Waals surface area contributed by atoms with Crippen LogP contribution in [0.4, 0.5) is 23.7 Å². The van der Waals surface area contributed by atoms with Crippen molar-refractivity contribution in [3.63, 3.8) is 0 Å². The van der Waals surface area contributed by atoms with Gasteiger partial charge in [-0.2, -0.15) is 13.2 Å². The molecule has 2 heterocycles. The van der Waals surface area contributed by atoms with Gasteiger partial charge >= 0.3 is 12.3 Å². The lowest BCUT2D eigenvalue weighted by Crippen LogP contribution is -2.45. The van der Waals surface area contributed by atoms with Gasteiger partial charge in [0.25, 0.3) is 0 Å². The number of amides is 2. The highest BCUT2D eigenvalue weighted by atomic mass is 35.5. The van der Waals surface area contributed by atoms with Gasteiger partial charge in [0.05, 0.1) is 16.9 Å². The molecule has 0 saturated carbocycles. The van der Waals surface area contributed by atoms with Gasteiger partial charge in [-0.1, -0.05) is 17.7 Å². The smallest absolute Gasteiger partial charge is 0.416 e. The molecular formula is C18H16ClF3N4O3. The normalized spacial score (nSPS) is 19.3. The second-order valence-electron chi connectivity index (χ2n) is 6.61. The lowest BCUT2D eigenvalue weighted by molar-refractivity contribution is -0.137. The van der Waals surface area contributed by atoms with E-state index in [9.17, 15) is 27.9 Å². The zero-order valence-corrected chi connectivity index (χ0v) is 15.8. The number of aromatic nitrogens is 2. The molecule has 0 aliphatic carbocycles. The van der Waals surface area contributed by atoms with Crippen LogP contribution in [0.1, 0.15) is 25.3 Å². The van der Waals surface area contributed by atoms with Gasteiger partial charge in [-0.15, -0.1) is 0 Å². The molecule has 0 bridgehead atoms. The lowest BCUT2D eigenvalue weighted by Gasteiger charge is -2.25. The van der Waals surface area contributed by atoms with E-state index in [0.29, 0.717) is 6.42 Å². The largest absolute Gasteiger partial charge is 0.465 e. The van der Waals surface area contributed by atoms with Crippen molar-refractivity contribution in [2.45, 2.75) is 38.0 Å². The summed E-state index contributed by atoms with van der Waals surface area (Å²) in [6.45, 7) is 1.67. The Hall–Kier alpha value is -2.88. The van der Waals surface area contributed by atoms with E-state index in [1.165, 1.54) is 12.1 Å². The lowest BCUT2D eigenvalue weighted by atomic mass is 10.0. The minimum atomic E-state index is -4.63. The van der Waals surface area contributed by atoms with E-state index in [1.54, 1.807) is 6.92 Å². The van der Waals surface area contributed by atoms with Gasteiger partial charge in [-0.25, -0.2) is 14.8 Å². The summed E-state index contributed by atoms with van der Waals surface area (Å²) in [6.07, 6.45) is -4.00. The van der Waals surface area contributed by atoms with Crippen molar-refractivity contribution in [2.75, 3.05) is 5.32 Å². The zero-order chi connectivity index (χ0) is 21.3. The number of benzene rings is 1. The van der Waals surface area contributed by atoms with Gasteiger partial charge in [0.2, 0.25) is 5.91 Å². The van der Waals surface area contributed by atoms with Crippen LogP contribution in [-0.2, 0) is 11.0 Å². The molecule has 29 heavy (non-hydrogen) atoms. The first-order valence-corrected chi connectivity index (χ1v) is 8.97. The Balaban J connectivity index is 2.00. The molecule has 2 amide bonds. The summed E-state index contributed by atoms with van der Waals surface area (Å²) < 4.78 is 39.5. The number of likely N-dealkylation sites (tertiary alicyclic amines) is 1. The van der Waals surface area contributed by atoms with E-state index in [-0.39, 0.29) is 34.6 Å². The number of nitrogens with one attached hydrogen (secondary N) is 1. The maximum atomic E-state index is 13.2. The van der Waals surface area contributed by atoms with Gasteiger partial charge in [0.15, 0.2) is 0 Å². The number of hydrogen-bond acceptors (Lipinski definition) is 4. The fourth-order valence-corrected chi connectivity index (χ4v) is 3.45. The van der Waals surface area contributed by atoms with Gasteiger partial charge in [-0.05, 0) is 31.9 Å². The Morgan fingerprint density at radius 2 is 1.97 bits per heavy atom. The Morgan fingerprint density at radius 3 is 2.59 bits per heavy atom. The van der Waals surface area contributed by atoms with Crippen molar-refractivity contribution in [1.82, 2.24) is 14.9 Å². The van der Waals surface area contributed by atoms with Gasteiger partial charge < -0.3 is 10.4 Å². The molecule has 1 aliphatic rings. The molecule has 1 aliphatic heterocycles. The van der Waals surface area contributed by atoms with Crippen LogP contribution in [0.2, 0.25) is 5.15 Å². The molecule has 2 atom stereocenters. The van der Waals surface area contributed by atoms with Crippen LogP contribution < -0.4 is 5.32 Å². The van der Waals surface area contributed by atoms with Crippen LogP contribution in [0.5, 0.6) is 0 Å². The average molecular weight is 429 g/mol. The molecular weight excluding hydrogens is 413 g/mol. The van der Waals surface area contributed by atoms with Crippen LogP contribution in [-0.4, -0.2) is 44.1 Å². The fourth-order valence-electron chi connectivity index (χ4n) is 3.31. The fraction of sp³-hybridized carbons (Fsp3) is 0.333. The maximum absolute atomic E-state index is 13.2. The number of anilines is 1. The SMILES string of the molecule is CC1CCC(C(=O)Nc2cc(C(F)(F)F)ccc2-c2cc(Cl)ncn2)N1C(=O)O. The summed E-state index contributed by atoms with van der Waals surface area (Å²) in [4.78, 5) is 32.9. The highest BCUT2D eigenvalue weighted by Crippen LogP contribution is 2.36. The summed E-state index contributed by atoms with van der Waals surface area (Å²) in [5.74, 6) is -0.711. The number of hydrogen-bond donors (Lipinski definition) is 2. The van der Waals surface area contributed by atoms with Crippen molar-refractivity contribution in [3.05, 3.63) is 41.3 Å². The zero-order valence-electron chi connectivity index (χ0n) is 15.1. The summed E-state index contributed by atoms with van der Waals surface area (Å²) in [6, 6.07) is 2.79. The van der Waals surface area contributed by atoms with Gasteiger partial charge in [-0.3, -0.25) is 9.69 Å². The third-order valence-electron chi connectivity index (χ3n) is 4.71. The second-order valence-corrected chi connectivity index (χ2v) is 6.99. The van der Waals surface area contributed by atoms with E-state index in [0.717, 1.165) is 23.4 Å². The number of rotatable bonds is 3. The number of alkyl halides is 3. The minimum absolute atomic E-state index is 0.0776. The minimum Gasteiger partial charge on any atom is -0.465 e. The highest BCUT2D eigenvalue weighted by Gasteiger charge is 2.39. The van der Waals surface area contributed by atoms with Crippen molar-refractivity contribution in [1.29, 1.82) is 0 Å². The van der Waals surface area contributed by atoms with Crippen molar-refractivity contribution in [2.24, 2.45) is 0 Å². The van der Waals surface area contributed by atoms with Crippen LogP contribution in [0.3, 0.4) is 0 Å². The molecule has 3 rings (SSSR count). The first-order valence-electron chi connectivity index (χ1n) is 8.59. The van der Waals surface area contributed by atoms with Crippen LogP contribution >= 0.6 is 11.6 Å². The molecule has 154 valence electrons. The van der Waals surface area contributed by atoms with E-state index >= 15 is 0 Å². The number of halogens is 4. The molecule has 1 saturated heterocycles. The van der Waals surface area contributed by atoms with Gasteiger partial charge in [0.1, 0.15) is 17.5 Å². The van der Waals surface area contributed by atoms with E-state index in [2.05, 4.69) is 15.3 Å². The molecule has 1 aromatic carbocycles. The topological polar surface area (TPSA) is 95.4 Å². The molecule has 7 nitrogen and oxygen atoms in total. The molecule has 0 spiro atoms. The second kappa shape index (κ2) is 7.86. The van der Waals surface area contributed by atoms with Gasteiger partial charge in [0, 0.05) is 17.7 Å². The van der Waals surface area contributed by atoms with E-state index in [4.69, 9.17) is 11.6 Å². The predicted octanol–water partition coefficient (Wildman–Crippen LogP) is 4.29. The number of carboxylic acid groups (broad SMARTS) is 1. The Kier molecular flexibility index (Phi) is 5.65. The number of nitrogens with zero attached hydrogens (tertiary/aromatic N) is 3. The van der Waals surface area contributed by atoms with Crippen LogP contribution in [0.25, 0.3) is 11.3 Å². The van der Waals surface area contributed by atoms with E-state index in [1.807, 2.05) is 0 Å². The Bertz CT molecular complexity index is 954. The number of carbonyl (C=O) groups excluding carboxylic acids is 1. The highest BCUT2D eigenvalue weighted by molar-refractivity contribution is 6.29. The summed E-state index contributed by atoms with van der Waals surface area (Å²) in [5, 5.41) is 11.9. The quantitative estimate of drug-likeness (QED) is 0.711. The Labute approximate surface area is 168 Å². The molecule has 0 radical (unpaired) electrons. The third-order valence-corrected chi connectivity index (χ3v) is 4.91. The monoisotopic (exact) mass is 428 g/mol. The predicted molar refractivity (Wildman–Crippen MR) is 98.5 cm³/mol. The van der Waals surface area contributed by atoms with Crippen molar-refractivity contribution >= 4 is 29.3 Å². The van der Waals surface area contributed by atoms with Crippen LogP contribution in [0, 0.1) is 0 Å². The Morgan fingerprint density at radius 1 is 1.24 bits per heavy atom. The molecule has 11 heteroatoms. The van der Waals surface area contributed by atoms with Crippen molar-refractivity contribution < 1.29 is 27.9 Å². The summed E-state index contributed by atoms with van der Waals surface area (Å²) >= 11 is 5.84. The van der Waals surface area contributed by atoms with Crippen molar-refractivity contribution in [3.8, 4) is 11.3 Å². The average Bonchev–Trinajstić information content (AvgIpc) is 3.03. The van der Waals surface area contributed by atoms with Crippen LogP contribution in [0.15, 0.2) is 30.6 Å². The molecule has 1 fully saturated rings. The van der Waals surface area contributed by atoms with E-state index < -0.39 is 29.8 Å². The first kappa shape index (κ1) is 20.8. The standard InChI is InChI=1S/C18H16ClF3N4O3/c1-9-2-5-14(26(9)17(28)29)16(27)25-13-6-10(18(20,21)22)3-4-11(13)12-7-15(19)24-8-23-12/h3-4,6-9,14H,2,5H2,1H3,(H,25,27)(H,28,29). The summed E-state index contributed by atoms with van der Waals surface area (Å²) in [7, 11) is 0. The third kappa shape index (κ3) is 4.42. The maximum Gasteiger partial charge on any atom is 0.416 e. The molecule has 2 unspecified atom stereocenters. The molecule has 1 aromatic heterocycles. The molecule has 2 N–H and O–H groups in total.